The van der Waals surface area contributed by atoms with Crippen LogP contribution < -0.4 is 0 Å². The molecule has 3 atom stereocenters. The molecule has 3 unspecified atom stereocenters. The average molecular weight is 199 g/mol. The van der Waals surface area contributed by atoms with E-state index in [0.717, 1.165) is 12.6 Å². The monoisotopic (exact) mass is 199 g/mol. The molecule has 0 bridgehead atoms. The molecule has 1 aromatic heterocycles. The number of hydrogen-bond donors (Lipinski definition) is 0. The van der Waals surface area contributed by atoms with E-state index in [2.05, 4.69) is 36.5 Å². The minimum absolute atomic E-state index is 0.456. The Morgan fingerprint density at radius 1 is 1.58 bits per heavy atom. The second kappa shape index (κ2) is 4.90. The van der Waals surface area contributed by atoms with Gasteiger partial charge in [-0.3, -0.25) is 4.98 Å². The molecule has 0 saturated heterocycles. The molecule has 0 N–H and O–H groups in total. The van der Waals surface area contributed by atoms with Gasteiger partial charge in [0.2, 0.25) is 0 Å². The van der Waals surface area contributed by atoms with Crippen LogP contribution >= 0.6 is 18.5 Å². The van der Waals surface area contributed by atoms with Crippen LogP contribution in [0.25, 0.3) is 0 Å². The van der Waals surface area contributed by atoms with Gasteiger partial charge in [-0.25, -0.2) is 0 Å². The van der Waals surface area contributed by atoms with Crippen molar-refractivity contribution in [3.63, 3.8) is 0 Å². The largest absolute Gasteiger partial charge is 0.260 e. The summed E-state index contributed by atoms with van der Waals surface area (Å²) in [6, 6.07) is 4.17. The highest BCUT2D eigenvalue weighted by molar-refractivity contribution is 7.17. The number of nitrogens with zero attached hydrogens (tertiary/aromatic N) is 1. The Hall–Kier alpha value is 0.01000. The van der Waals surface area contributed by atoms with E-state index in [4.69, 9.17) is 0 Å². The maximum Gasteiger partial charge on any atom is 0.0501 e. The van der Waals surface area contributed by atoms with E-state index in [1.807, 2.05) is 12.3 Å². The zero-order valence-electron chi connectivity index (χ0n) is 7.33. The van der Waals surface area contributed by atoms with Gasteiger partial charge in [0.05, 0.1) is 5.69 Å². The molecule has 0 saturated carbocycles. The fraction of sp³-hybridized carbons (Fsp3) is 0.444. The summed E-state index contributed by atoms with van der Waals surface area (Å²) in [6.45, 7) is 2.15. The summed E-state index contributed by atoms with van der Waals surface area (Å²) in [4.78, 5) is 4.37. The Labute approximate surface area is 78.8 Å². The molecule has 1 rings (SSSR count). The second-order valence-corrected chi connectivity index (χ2v) is 4.45. The summed E-state index contributed by atoms with van der Waals surface area (Å²) in [5.41, 5.74) is 3.04. The van der Waals surface area contributed by atoms with Crippen LogP contribution in [0.5, 0.6) is 0 Å². The minimum Gasteiger partial charge on any atom is -0.260 e. The normalized spacial score (nSPS) is 12.9. The lowest BCUT2D eigenvalue weighted by atomic mass is 10.1. The highest BCUT2D eigenvalue weighted by atomic mass is 31.0. The number of hydrogen-bond acceptors (Lipinski definition) is 1. The fourth-order valence-electron chi connectivity index (χ4n) is 1.23. The lowest BCUT2D eigenvalue weighted by molar-refractivity contribution is 0.951. The Bertz CT molecular complexity index is 248. The third kappa shape index (κ3) is 2.51. The van der Waals surface area contributed by atoms with E-state index < -0.39 is 0 Å². The topological polar surface area (TPSA) is 12.9 Å². The molecule has 66 valence electrons. The summed E-state index contributed by atoms with van der Waals surface area (Å²) in [5.74, 6) is 0. The standard InChI is InChI=1S/C9H15NP2/c1-7(12)9-8(4-6-11)3-2-5-10-9/h2-3,5,7H,4,6,11-12H2,1H3. The van der Waals surface area contributed by atoms with Crippen molar-refractivity contribution in [2.45, 2.75) is 19.0 Å². The molecule has 3 heteroatoms. The molecule has 0 amide bonds. The maximum atomic E-state index is 4.37. The van der Waals surface area contributed by atoms with Crippen molar-refractivity contribution in [3.8, 4) is 0 Å². The average Bonchev–Trinajstić information content (AvgIpc) is 2.05. The van der Waals surface area contributed by atoms with E-state index in [0.29, 0.717) is 5.66 Å². The zero-order valence-corrected chi connectivity index (χ0v) is 9.63. The van der Waals surface area contributed by atoms with E-state index in [1.54, 1.807) is 0 Å². The molecule has 1 heterocycles. The highest BCUT2D eigenvalue weighted by Gasteiger charge is 2.05. The van der Waals surface area contributed by atoms with Gasteiger partial charge in [0.15, 0.2) is 0 Å². The molecule has 0 aliphatic heterocycles. The number of aryl methyl sites for hydroxylation is 1. The van der Waals surface area contributed by atoms with Gasteiger partial charge in [0.25, 0.3) is 0 Å². The first-order valence-electron chi connectivity index (χ1n) is 4.15. The summed E-state index contributed by atoms with van der Waals surface area (Å²) in [7, 11) is 5.53. The third-order valence-electron chi connectivity index (χ3n) is 1.77. The van der Waals surface area contributed by atoms with Crippen LogP contribution in [0.2, 0.25) is 0 Å². The second-order valence-electron chi connectivity index (χ2n) is 2.88. The molecular formula is C9H15NP2. The van der Waals surface area contributed by atoms with Gasteiger partial charge in [-0.2, -0.15) is 0 Å². The lowest BCUT2D eigenvalue weighted by Gasteiger charge is -2.09. The van der Waals surface area contributed by atoms with Crippen LogP contribution in [0.1, 0.15) is 23.8 Å². The SMILES string of the molecule is CC(P)c1ncccc1CCP. The van der Waals surface area contributed by atoms with Crippen molar-refractivity contribution in [2.24, 2.45) is 0 Å². The van der Waals surface area contributed by atoms with E-state index >= 15 is 0 Å². The van der Waals surface area contributed by atoms with Crippen molar-refractivity contribution in [2.75, 3.05) is 6.16 Å². The van der Waals surface area contributed by atoms with Gasteiger partial charge in [-0.15, -0.1) is 18.5 Å². The van der Waals surface area contributed by atoms with Gasteiger partial charge >= 0.3 is 0 Å². The lowest BCUT2D eigenvalue weighted by Crippen LogP contribution is -1.98. The quantitative estimate of drug-likeness (QED) is 0.681. The first kappa shape index (κ1) is 10.1. The highest BCUT2D eigenvalue weighted by Crippen LogP contribution is 2.23. The molecule has 0 fully saturated rings. The zero-order chi connectivity index (χ0) is 8.97. The van der Waals surface area contributed by atoms with Crippen LogP contribution in [-0.2, 0) is 6.42 Å². The first-order valence-corrected chi connectivity index (χ1v) is 5.63. The Balaban J connectivity index is 2.92. The van der Waals surface area contributed by atoms with Crippen LogP contribution in [0.4, 0.5) is 0 Å². The summed E-state index contributed by atoms with van der Waals surface area (Å²) in [5, 5.41) is 0. The van der Waals surface area contributed by atoms with Gasteiger partial charge in [0.1, 0.15) is 0 Å². The number of rotatable bonds is 3. The van der Waals surface area contributed by atoms with Crippen molar-refractivity contribution < 1.29 is 0 Å². The fourth-order valence-corrected chi connectivity index (χ4v) is 1.84. The third-order valence-corrected chi connectivity index (χ3v) is 2.38. The van der Waals surface area contributed by atoms with Crippen molar-refractivity contribution in [3.05, 3.63) is 29.6 Å². The molecule has 0 spiro atoms. The van der Waals surface area contributed by atoms with Crippen molar-refractivity contribution >= 4 is 18.5 Å². The predicted octanol–water partition coefficient (Wildman–Crippen LogP) is 2.44. The van der Waals surface area contributed by atoms with Crippen LogP contribution in [0, 0.1) is 0 Å². The molecule has 1 nitrogen and oxygen atoms in total. The molecule has 0 aliphatic rings. The van der Waals surface area contributed by atoms with E-state index in [-0.39, 0.29) is 0 Å². The predicted molar refractivity (Wildman–Crippen MR) is 60.6 cm³/mol. The van der Waals surface area contributed by atoms with Gasteiger partial charge in [-0.05, 0) is 24.2 Å². The van der Waals surface area contributed by atoms with Crippen molar-refractivity contribution in [1.82, 2.24) is 4.98 Å². The molecule has 1 aromatic rings. The maximum absolute atomic E-state index is 4.37. The Kier molecular flexibility index (Phi) is 4.12. The molecular weight excluding hydrogens is 184 g/mol. The minimum atomic E-state index is 0.456. The van der Waals surface area contributed by atoms with E-state index in [9.17, 15) is 0 Å². The van der Waals surface area contributed by atoms with Crippen LogP contribution in [0.15, 0.2) is 18.3 Å². The number of pyridine rings is 1. The summed E-state index contributed by atoms with van der Waals surface area (Å²) >= 11 is 0. The molecule has 0 aliphatic carbocycles. The molecule has 12 heavy (non-hydrogen) atoms. The Morgan fingerprint density at radius 2 is 2.33 bits per heavy atom. The van der Waals surface area contributed by atoms with E-state index in [1.165, 1.54) is 11.3 Å². The van der Waals surface area contributed by atoms with Crippen LogP contribution in [0.3, 0.4) is 0 Å². The molecule has 0 aromatic carbocycles. The first-order chi connectivity index (χ1) is 5.75. The van der Waals surface area contributed by atoms with Gasteiger partial charge in [0, 0.05) is 11.9 Å². The number of aromatic nitrogens is 1. The summed E-state index contributed by atoms with van der Waals surface area (Å²) in [6.07, 6.45) is 4.07. The van der Waals surface area contributed by atoms with Gasteiger partial charge < -0.3 is 0 Å². The summed E-state index contributed by atoms with van der Waals surface area (Å²) < 4.78 is 0. The molecule has 0 radical (unpaired) electrons. The smallest absolute Gasteiger partial charge is 0.0501 e. The van der Waals surface area contributed by atoms with Gasteiger partial charge in [-0.1, -0.05) is 13.0 Å². The van der Waals surface area contributed by atoms with Crippen molar-refractivity contribution in [1.29, 1.82) is 0 Å². The van der Waals surface area contributed by atoms with Crippen LogP contribution in [-0.4, -0.2) is 11.1 Å². The Morgan fingerprint density at radius 3 is 2.92 bits per heavy atom.